The van der Waals surface area contributed by atoms with Crippen molar-refractivity contribution in [2.45, 2.75) is 13.5 Å². The molecule has 28 heavy (non-hydrogen) atoms. The number of ether oxygens (including phenoxy) is 2. The van der Waals surface area contributed by atoms with E-state index in [1.54, 1.807) is 31.2 Å². The van der Waals surface area contributed by atoms with E-state index in [1.165, 1.54) is 25.4 Å². The Labute approximate surface area is 166 Å². The van der Waals surface area contributed by atoms with Gasteiger partial charge in [0.05, 0.1) is 17.8 Å². The highest BCUT2D eigenvalue weighted by atomic mass is 35.5. The van der Waals surface area contributed by atoms with Gasteiger partial charge in [-0.2, -0.15) is 5.10 Å². The fraction of sp³-hybridized carbons (Fsp3) is 0.211. The van der Waals surface area contributed by atoms with Gasteiger partial charge in [0.2, 0.25) is 0 Å². The van der Waals surface area contributed by atoms with Crippen molar-refractivity contribution >= 4 is 29.6 Å². The summed E-state index contributed by atoms with van der Waals surface area (Å²) < 4.78 is 24.6. The van der Waals surface area contributed by atoms with Gasteiger partial charge in [-0.25, -0.2) is 9.82 Å². The first-order chi connectivity index (χ1) is 13.4. The first kappa shape index (κ1) is 21.2. The van der Waals surface area contributed by atoms with E-state index < -0.39 is 11.8 Å². The number of amides is 2. The minimum Gasteiger partial charge on any atom is -0.490 e. The lowest BCUT2D eigenvalue weighted by Gasteiger charge is -2.14. The molecular weight excluding hydrogens is 389 g/mol. The maximum absolute atomic E-state index is 13.3. The predicted molar refractivity (Wildman–Crippen MR) is 103 cm³/mol. The number of likely N-dealkylation sites (N-methyl/N-ethyl adjacent to an activating group) is 1. The molecule has 0 aliphatic heterocycles. The second-order valence-electron chi connectivity index (χ2n) is 5.46. The minimum absolute atomic E-state index is 0.104. The first-order valence-electron chi connectivity index (χ1n) is 8.33. The van der Waals surface area contributed by atoms with Crippen LogP contribution in [-0.4, -0.2) is 31.7 Å². The highest BCUT2D eigenvalue weighted by Gasteiger charge is 2.13. The maximum atomic E-state index is 13.3. The third-order valence-corrected chi connectivity index (χ3v) is 3.70. The fourth-order valence-electron chi connectivity index (χ4n) is 2.18. The lowest BCUT2D eigenvalue weighted by Crippen LogP contribution is -2.35. The van der Waals surface area contributed by atoms with E-state index in [1.807, 2.05) is 0 Å². The number of carbonyl (C=O) groups is 2. The fourth-order valence-corrected chi connectivity index (χ4v) is 2.45. The largest absolute Gasteiger partial charge is 0.490 e. The minimum atomic E-state index is -0.898. The van der Waals surface area contributed by atoms with Gasteiger partial charge in [0, 0.05) is 7.05 Å². The van der Waals surface area contributed by atoms with Crippen molar-refractivity contribution < 1.29 is 23.5 Å². The molecular formula is C19H19ClFN3O4. The molecule has 2 aromatic carbocycles. The van der Waals surface area contributed by atoms with E-state index in [4.69, 9.17) is 21.1 Å². The van der Waals surface area contributed by atoms with Crippen LogP contribution in [0.1, 0.15) is 18.1 Å². The van der Waals surface area contributed by atoms with Crippen molar-refractivity contribution in [3.8, 4) is 11.5 Å². The number of halogens is 2. The van der Waals surface area contributed by atoms with Crippen molar-refractivity contribution in [2.75, 3.05) is 13.7 Å². The smallest absolute Gasteiger partial charge is 0.329 e. The Morgan fingerprint density at radius 3 is 2.68 bits per heavy atom. The molecule has 0 spiro atoms. The van der Waals surface area contributed by atoms with Gasteiger partial charge in [0.1, 0.15) is 12.4 Å². The van der Waals surface area contributed by atoms with Crippen molar-refractivity contribution in [1.82, 2.24) is 10.7 Å². The topological polar surface area (TPSA) is 89.0 Å². The quantitative estimate of drug-likeness (QED) is 0.419. The summed E-state index contributed by atoms with van der Waals surface area (Å²) in [4.78, 5) is 22.5. The van der Waals surface area contributed by atoms with Crippen LogP contribution in [-0.2, 0) is 16.2 Å². The van der Waals surface area contributed by atoms with Gasteiger partial charge in [-0.3, -0.25) is 9.59 Å². The number of nitrogens with zero attached hydrogens (tertiary/aromatic N) is 1. The van der Waals surface area contributed by atoms with E-state index in [2.05, 4.69) is 15.8 Å². The van der Waals surface area contributed by atoms with Gasteiger partial charge in [0.15, 0.2) is 11.5 Å². The van der Waals surface area contributed by atoms with Crippen LogP contribution in [0.15, 0.2) is 41.5 Å². The highest BCUT2D eigenvalue weighted by molar-refractivity contribution is 6.35. The van der Waals surface area contributed by atoms with E-state index >= 15 is 0 Å². The van der Waals surface area contributed by atoms with Crippen LogP contribution in [0, 0.1) is 5.82 Å². The van der Waals surface area contributed by atoms with Crippen LogP contribution in [0.25, 0.3) is 0 Å². The van der Waals surface area contributed by atoms with E-state index in [9.17, 15) is 14.0 Å². The molecule has 0 fully saturated rings. The Balaban J connectivity index is 2.16. The van der Waals surface area contributed by atoms with Gasteiger partial charge in [-0.05, 0) is 42.3 Å². The number of hydrogen-bond donors (Lipinski definition) is 2. The monoisotopic (exact) mass is 407 g/mol. The summed E-state index contributed by atoms with van der Waals surface area (Å²) in [6.45, 7) is 2.27. The third-order valence-electron chi connectivity index (χ3n) is 3.42. The van der Waals surface area contributed by atoms with Crippen LogP contribution < -0.4 is 20.2 Å². The van der Waals surface area contributed by atoms with Gasteiger partial charge in [-0.15, -0.1) is 0 Å². The molecule has 2 amide bonds. The van der Waals surface area contributed by atoms with E-state index in [0.29, 0.717) is 29.2 Å². The lowest BCUT2D eigenvalue weighted by molar-refractivity contribution is -0.138. The molecule has 0 radical (unpaired) electrons. The van der Waals surface area contributed by atoms with Crippen molar-refractivity contribution in [2.24, 2.45) is 5.10 Å². The summed E-state index contributed by atoms with van der Waals surface area (Å²) in [6, 6.07) is 9.20. The van der Waals surface area contributed by atoms with Crippen LogP contribution in [0.4, 0.5) is 4.39 Å². The molecule has 0 atom stereocenters. The number of benzene rings is 2. The average Bonchev–Trinajstić information content (AvgIpc) is 2.67. The molecule has 0 heterocycles. The second-order valence-corrected chi connectivity index (χ2v) is 5.87. The Bertz CT molecular complexity index is 889. The summed E-state index contributed by atoms with van der Waals surface area (Å²) >= 11 is 6.29. The Morgan fingerprint density at radius 1 is 1.21 bits per heavy atom. The molecule has 7 nitrogen and oxygen atoms in total. The summed E-state index contributed by atoms with van der Waals surface area (Å²) in [5, 5.41) is 6.14. The zero-order valence-corrected chi connectivity index (χ0v) is 16.0. The molecule has 2 aromatic rings. The maximum Gasteiger partial charge on any atom is 0.329 e. The summed E-state index contributed by atoms with van der Waals surface area (Å²) in [6.07, 6.45) is 1.31. The summed E-state index contributed by atoms with van der Waals surface area (Å²) in [5.41, 5.74) is 3.24. The van der Waals surface area contributed by atoms with Crippen molar-refractivity contribution in [1.29, 1.82) is 0 Å². The highest BCUT2D eigenvalue weighted by Crippen LogP contribution is 2.37. The van der Waals surface area contributed by atoms with Gasteiger partial charge >= 0.3 is 11.8 Å². The van der Waals surface area contributed by atoms with E-state index in [-0.39, 0.29) is 17.4 Å². The molecule has 148 valence electrons. The molecule has 0 aliphatic rings. The number of rotatable bonds is 7. The average molecular weight is 408 g/mol. The number of carbonyl (C=O) groups excluding carboxylic acids is 2. The molecule has 2 N–H and O–H groups in total. The number of hydrogen-bond acceptors (Lipinski definition) is 5. The molecule has 0 bridgehead atoms. The molecule has 0 saturated carbocycles. The van der Waals surface area contributed by atoms with Gasteiger partial charge in [-0.1, -0.05) is 23.7 Å². The summed E-state index contributed by atoms with van der Waals surface area (Å²) in [7, 11) is 1.34. The van der Waals surface area contributed by atoms with E-state index in [0.717, 1.165) is 0 Å². The Hall–Kier alpha value is -3.13. The van der Waals surface area contributed by atoms with Crippen LogP contribution in [0.5, 0.6) is 11.5 Å². The molecule has 0 unspecified atom stereocenters. The van der Waals surface area contributed by atoms with Crippen LogP contribution >= 0.6 is 11.6 Å². The molecule has 0 aliphatic carbocycles. The molecule has 0 saturated heterocycles. The van der Waals surface area contributed by atoms with Crippen LogP contribution in [0.2, 0.25) is 5.02 Å². The first-order valence-corrected chi connectivity index (χ1v) is 8.71. The molecule has 0 aromatic heterocycles. The van der Waals surface area contributed by atoms with Gasteiger partial charge < -0.3 is 14.8 Å². The Morgan fingerprint density at radius 2 is 2.00 bits per heavy atom. The summed E-state index contributed by atoms with van der Waals surface area (Å²) in [5.74, 6) is -1.40. The zero-order valence-electron chi connectivity index (χ0n) is 15.3. The molecule has 9 heteroatoms. The lowest BCUT2D eigenvalue weighted by atomic mass is 10.2. The number of hydrazone groups is 1. The SMILES string of the molecule is CCOc1cc(/C=N\NC(=O)C(=O)NC)cc(Cl)c1OCc1cccc(F)c1. The van der Waals surface area contributed by atoms with Gasteiger partial charge in [0.25, 0.3) is 0 Å². The zero-order chi connectivity index (χ0) is 20.5. The van der Waals surface area contributed by atoms with Crippen LogP contribution in [0.3, 0.4) is 0 Å². The second kappa shape index (κ2) is 10.3. The number of nitrogens with one attached hydrogen (secondary N) is 2. The third kappa shape index (κ3) is 5.95. The predicted octanol–water partition coefficient (Wildman–Crippen LogP) is 2.65. The standard InChI is InChI=1S/C19H19ClFN3O4/c1-3-27-16-9-13(10-23-24-19(26)18(25)22-2)8-15(20)17(16)28-11-12-5-4-6-14(21)7-12/h4-10H,3,11H2,1-2H3,(H,22,25)(H,24,26)/b23-10-. The molecule has 2 rings (SSSR count). The van der Waals surface area contributed by atoms with Crippen molar-refractivity contribution in [3.05, 3.63) is 58.4 Å². The van der Waals surface area contributed by atoms with Crippen molar-refractivity contribution in [3.63, 3.8) is 0 Å². The normalized spacial score (nSPS) is 10.6. The Kier molecular flexibility index (Phi) is 7.76.